The Morgan fingerprint density at radius 3 is 2.50 bits per heavy atom. The van der Waals surface area contributed by atoms with E-state index in [1.807, 2.05) is 30.3 Å². The molecule has 1 saturated heterocycles. The summed E-state index contributed by atoms with van der Waals surface area (Å²) < 4.78 is 11.4. The zero-order valence-corrected chi connectivity index (χ0v) is 10.2. The maximum absolute atomic E-state index is 11.5. The summed E-state index contributed by atoms with van der Waals surface area (Å²) in [7, 11) is 0.708. The Balaban J connectivity index is 2.10. The lowest BCUT2D eigenvalue weighted by molar-refractivity contribution is -0.142. The molecule has 3 atom stereocenters. The molecule has 1 fully saturated rings. The van der Waals surface area contributed by atoms with Crippen LogP contribution in [0.4, 0.5) is 0 Å². The highest BCUT2D eigenvalue weighted by atomic mass is 32.2. The van der Waals surface area contributed by atoms with Gasteiger partial charge in [0.2, 0.25) is 5.91 Å². The Hall–Kier alpha value is -1.16. The minimum Gasteiger partial charge on any atom is -0.340 e. The molecule has 1 aliphatic heterocycles. The van der Waals surface area contributed by atoms with E-state index in [4.69, 9.17) is 0 Å². The highest BCUT2D eigenvalue weighted by molar-refractivity contribution is 7.85. The lowest BCUT2D eigenvalue weighted by Gasteiger charge is -2.43. The van der Waals surface area contributed by atoms with Gasteiger partial charge in [0.25, 0.3) is 0 Å². The second-order valence-corrected chi connectivity index (χ2v) is 5.63. The molecule has 0 radical (unpaired) electrons. The van der Waals surface area contributed by atoms with Gasteiger partial charge in [0.15, 0.2) is 0 Å². The van der Waals surface area contributed by atoms with Gasteiger partial charge < -0.3 is 4.90 Å². The fraction of sp³-hybridized carbons (Fsp3) is 0.417. The summed E-state index contributed by atoms with van der Waals surface area (Å²) in [6.45, 7) is 0. The molecule has 2 rings (SSSR count). The topological polar surface area (TPSA) is 37.4 Å². The van der Waals surface area contributed by atoms with Gasteiger partial charge in [-0.3, -0.25) is 9.00 Å². The normalized spacial score (nSPS) is 26.4. The molecule has 0 N–H and O–H groups in total. The predicted molar refractivity (Wildman–Crippen MR) is 64.6 cm³/mol. The number of hydrogen-bond acceptors (Lipinski definition) is 2. The molecule has 1 unspecified atom stereocenters. The van der Waals surface area contributed by atoms with Crippen molar-refractivity contribution in [2.24, 2.45) is 0 Å². The lowest BCUT2D eigenvalue weighted by Crippen LogP contribution is -2.65. The number of rotatable bonds is 3. The largest absolute Gasteiger partial charge is 0.340 e. The van der Waals surface area contributed by atoms with Gasteiger partial charge in [0.05, 0.1) is 6.04 Å². The van der Waals surface area contributed by atoms with Crippen LogP contribution < -0.4 is 0 Å². The molecule has 0 spiro atoms. The van der Waals surface area contributed by atoms with Crippen LogP contribution in [-0.2, 0) is 22.0 Å². The standard InChI is InChI=1S/C12H15NO2S/c1-13-10(11(12(13)14)16(2)15)8-9-6-4-3-5-7-9/h3-7,10-11H,8H2,1-2H3/t10-,11+,16?/m1/s1. The van der Waals surface area contributed by atoms with E-state index in [1.54, 1.807) is 18.2 Å². The minimum absolute atomic E-state index is 0.00163. The van der Waals surface area contributed by atoms with Gasteiger partial charge in [-0.2, -0.15) is 0 Å². The van der Waals surface area contributed by atoms with Crippen LogP contribution in [0.15, 0.2) is 30.3 Å². The first kappa shape index (κ1) is 11.3. The quantitative estimate of drug-likeness (QED) is 0.730. The van der Waals surface area contributed by atoms with Crippen molar-refractivity contribution in [3.63, 3.8) is 0 Å². The first-order chi connectivity index (χ1) is 7.61. The Morgan fingerprint density at radius 1 is 1.31 bits per heavy atom. The van der Waals surface area contributed by atoms with Gasteiger partial charge in [-0.15, -0.1) is 0 Å². The minimum atomic E-state index is -1.07. The van der Waals surface area contributed by atoms with Gasteiger partial charge in [-0.1, -0.05) is 30.3 Å². The van der Waals surface area contributed by atoms with E-state index >= 15 is 0 Å². The van der Waals surface area contributed by atoms with Crippen molar-refractivity contribution in [2.45, 2.75) is 17.7 Å². The van der Waals surface area contributed by atoms with Crippen molar-refractivity contribution in [3.05, 3.63) is 35.9 Å². The van der Waals surface area contributed by atoms with E-state index in [0.717, 1.165) is 6.42 Å². The zero-order chi connectivity index (χ0) is 11.7. The summed E-state index contributed by atoms with van der Waals surface area (Å²) in [5.41, 5.74) is 1.18. The summed E-state index contributed by atoms with van der Waals surface area (Å²) in [5, 5.41) is -0.315. The highest BCUT2D eigenvalue weighted by Gasteiger charge is 2.47. The van der Waals surface area contributed by atoms with Gasteiger partial charge >= 0.3 is 0 Å². The van der Waals surface area contributed by atoms with Crippen LogP contribution in [0.3, 0.4) is 0 Å². The van der Waals surface area contributed by atoms with Crippen molar-refractivity contribution in [1.29, 1.82) is 0 Å². The van der Waals surface area contributed by atoms with E-state index in [9.17, 15) is 9.00 Å². The number of carbonyl (C=O) groups is 1. The highest BCUT2D eigenvalue weighted by Crippen LogP contribution is 2.25. The van der Waals surface area contributed by atoms with E-state index in [-0.39, 0.29) is 17.2 Å². The zero-order valence-electron chi connectivity index (χ0n) is 9.42. The van der Waals surface area contributed by atoms with Crippen molar-refractivity contribution >= 4 is 16.7 Å². The van der Waals surface area contributed by atoms with E-state index < -0.39 is 10.8 Å². The Labute approximate surface area is 97.9 Å². The van der Waals surface area contributed by atoms with Crippen LogP contribution in [0.1, 0.15) is 5.56 Å². The van der Waals surface area contributed by atoms with Crippen LogP contribution >= 0.6 is 0 Å². The average molecular weight is 237 g/mol. The molecule has 0 bridgehead atoms. The molecule has 3 nitrogen and oxygen atoms in total. The Bertz CT molecular complexity index is 418. The average Bonchev–Trinajstić information content (AvgIpc) is 2.28. The Kier molecular flexibility index (Phi) is 3.10. The number of benzene rings is 1. The third-order valence-corrected chi connectivity index (χ3v) is 4.31. The van der Waals surface area contributed by atoms with Gasteiger partial charge in [-0.05, 0) is 12.0 Å². The molecule has 0 aliphatic carbocycles. The summed E-state index contributed by atoms with van der Waals surface area (Å²) in [6, 6.07) is 10.1. The molecule has 1 heterocycles. The molecule has 1 amide bonds. The SMILES string of the molecule is CN1C(=O)[C@@H](S(C)=O)[C@H]1Cc1ccccc1. The van der Waals surface area contributed by atoms with Crippen LogP contribution in [0.2, 0.25) is 0 Å². The fourth-order valence-corrected chi connectivity index (χ4v) is 3.28. The number of nitrogens with zero attached hydrogens (tertiary/aromatic N) is 1. The summed E-state index contributed by atoms with van der Waals surface area (Å²) in [4.78, 5) is 13.2. The van der Waals surface area contributed by atoms with Crippen molar-refractivity contribution in [1.82, 2.24) is 4.90 Å². The third-order valence-electron chi connectivity index (χ3n) is 3.08. The van der Waals surface area contributed by atoms with Gasteiger partial charge in [0, 0.05) is 24.1 Å². The molecular weight excluding hydrogens is 222 g/mol. The number of carbonyl (C=O) groups excluding carboxylic acids is 1. The van der Waals surface area contributed by atoms with E-state index in [2.05, 4.69) is 0 Å². The molecule has 86 valence electrons. The first-order valence-electron chi connectivity index (χ1n) is 5.24. The third kappa shape index (κ3) is 1.89. The molecule has 1 aliphatic rings. The molecule has 0 saturated carbocycles. The van der Waals surface area contributed by atoms with Crippen LogP contribution in [0.25, 0.3) is 0 Å². The van der Waals surface area contributed by atoms with E-state index in [1.165, 1.54) is 5.56 Å². The fourth-order valence-electron chi connectivity index (χ4n) is 2.11. The lowest BCUT2D eigenvalue weighted by atomic mass is 9.95. The van der Waals surface area contributed by atoms with Crippen molar-refractivity contribution < 1.29 is 9.00 Å². The number of likely N-dealkylation sites (tertiary alicyclic amines) is 1. The van der Waals surface area contributed by atoms with Gasteiger partial charge in [-0.25, -0.2) is 0 Å². The second-order valence-electron chi connectivity index (χ2n) is 4.13. The molecule has 1 aromatic rings. The van der Waals surface area contributed by atoms with E-state index in [0.29, 0.717) is 0 Å². The number of hydrogen-bond donors (Lipinski definition) is 0. The number of amides is 1. The monoisotopic (exact) mass is 237 g/mol. The second kappa shape index (κ2) is 4.37. The number of likely N-dealkylation sites (N-methyl/N-ethyl adjacent to an activating group) is 1. The molecule has 1 aromatic carbocycles. The van der Waals surface area contributed by atoms with Gasteiger partial charge in [0.1, 0.15) is 5.25 Å². The summed E-state index contributed by atoms with van der Waals surface area (Å²) in [5.74, 6) is 0.00163. The van der Waals surface area contributed by atoms with Crippen LogP contribution in [0, 0.1) is 0 Å². The van der Waals surface area contributed by atoms with Crippen LogP contribution in [-0.4, -0.2) is 39.6 Å². The maximum atomic E-state index is 11.5. The molecule has 0 aromatic heterocycles. The smallest absolute Gasteiger partial charge is 0.240 e. The first-order valence-corrected chi connectivity index (χ1v) is 6.86. The maximum Gasteiger partial charge on any atom is 0.240 e. The van der Waals surface area contributed by atoms with Crippen LogP contribution in [0.5, 0.6) is 0 Å². The molecule has 4 heteroatoms. The molecule has 16 heavy (non-hydrogen) atoms. The van der Waals surface area contributed by atoms with Crippen molar-refractivity contribution in [3.8, 4) is 0 Å². The predicted octanol–water partition coefficient (Wildman–Crippen LogP) is 0.817. The number of β-lactam (4-membered cyclic amide) rings is 1. The molecular formula is C12H15NO2S. The summed E-state index contributed by atoms with van der Waals surface area (Å²) in [6.07, 6.45) is 2.39. The Morgan fingerprint density at radius 2 is 1.94 bits per heavy atom. The summed E-state index contributed by atoms with van der Waals surface area (Å²) >= 11 is 0. The van der Waals surface area contributed by atoms with Crippen molar-refractivity contribution in [2.75, 3.05) is 13.3 Å².